The van der Waals surface area contributed by atoms with E-state index in [-0.39, 0.29) is 6.61 Å². The second-order valence-corrected chi connectivity index (χ2v) is 4.61. The largest absolute Gasteiger partial charge is 0.479 e. The Hall–Kier alpha value is -1.77. The van der Waals surface area contributed by atoms with Gasteiger partial charge >= 0.3 is 12.1 Å². The maximum Gasteiger partial charge on any atom is 0.410 e. The molecule has 0 aromatic rings. The fourth-order valence-electron chi connectivity index (χ4n) is 1.90. The Morgan fingerprint density at radius 2 is 2.17 bits per heavy atom. The Morgan fingerprint density at radius 3 is 2.78 bits per heavy atom. The minimum Gasteiger partial charge on any atom is -0.479 e. The van der Waals surface area contributed by atoms with E-state index in [0.29, 0.717) is 13.0 Å². The van der Waals surface area contributed by atoms with Crippen molar-refractivity contribution >= 4 is 12.1 Å². The van der Waals surface area contributed by atoms with Crippen molar-refractivity contribution in [2.75, 3.05) is 13.2 Å². The van der Waals surface area contributed by atoms with Gasteiger partial charge in [0.15, 0.2) is 5.54 Å². The lowest BCUT2D eigenvalue weighted by Crippen LogP contribution is -2.51. The number of unbranched alkanes of at least 4 members (excludes halogenated alkanes) is 4. The zero-order chi connectivity index (χ0) is 13.6. The van der Waals surface area contributed by atoms with Crippen molar-refractivity contribution in [3.63, 3.8) is 0 Å². The number of hydrogen-bond donors (Lipinski definition) is 1. The van der Waals surface area contributed by atoms with Gasteiger partial charge in [-0.25, -0.2) is 9.59 Å². The van der Waals surface area contributed by atoms with Crippen LogP contribution in [0.3, 0.4) is 0 Å². The van der Waals surface area contributed by atoms with E-state index in [1.165, 1.54) is 11.8 Å². The van der Waals surface area contributed by atoms with Gasteiger partial charge in [0, 0.05) is 13.0 Å². The molecule has 0 bridgehead atoms. The Morgan fingerprint density at radius 1 is 1.50 bits per heavy atom. The van der Waals surface area contributed by atoms with Crippen LogP contribution >= 0.6 is 0 Å². The van der Waals surface area contributed by atoms with Crippen LogP contribution in [0.15, 0.2) is 0 Å². The number of aliphatic carboxylic acids is 1. The van der Waals surface area contributed by atoms with Gasteiger partial charge in [0.1, 0.15) is 6.61 Å². The van der Waals surface area contributed by atoms with Crippen molar-refractivity contribution in [3.05, 3.63) is 0 Å². The van der Waals surface area contributed by atoms with E-state index in [2.05, 4.69) is 6.07 Å². The normalized spacial score (nSPS) is 22.7. The molecule has 0 spiro atoms. The quantitative estimate of drug-likeness (QED) is 0.699. The third-order valence-corrected chi connectivity index (χ3v) is 3.17. The van der Waals surface area contributed by atoms with E-state index in [4.69, 9.17) is 15.1 Å². The van der Waals surface area contributed by atoms with Crippen molar-refractivity contribution < 1.29 is 19.4 Å². The first-order valence-corrected chi connectivity index (χ1v) is 6.07. The molecule has 1 saturated heterocycles. The first-order chi connectivity index (χ1) is 8.52. The number of rotatable bonds is 7. The summed E-state index contributed by atoms with van der Waals surface area (Å²) in [4.78, 5) is 23.9. The second-order valence-electron chi connectivity index (χ2n) is 4.61. The van der Waals surface area contributed by atoms with Crippen LogP contribution in [0.4, 0.5) is 4.79 Å². The molecular formula is C12H18N2O4. The Balaban J connectivity index is 2.38. The summed E-state index contributed by atoms with van der Waals surface area (Å²) < 4.78 is 4.80. The van der Waals surface area contributed by atoms with Crippen LogP contribution in [0.1, 0.15) is 39.0 Å². The molecule has 0 aliphatic carbocycles. The van der Waals surface area contributed by atoms with Crippen molar-refractivity contribution in [2.24, 2.45) is 0 Å². The average Bonchev–Trinajstić information content (AvgIpc) is 2.62. The molecule has 6 heteroatoms. The summed E-state index contributed by atoms with van der Waals surface area (Å²) in [5.41, 5.74) is -1.25. The average molecular weight is 254 g/mol. The van der Waals surface area contributed by atoms with Gasteiger partial charge in [-0.3, -0.25) is 4.90 Å². The van der Waals surface area contributed by atoms with Crippen LogP contribution < -0.4 is 0 Å². The van der Waals surface area contributed by atoms with Gasteiger partial charge < -0.3 is 9.84 Å². The smallest absolute Gasteiger partial charge is 0.410 e. The summed E-state index contributed by atoms with van der Waals surface area (Å²) in [5.74, 6) is -1.04. The molecule has 1 aliphatic rings. The molecule has 0 radical (unpaired) electrons. The summed E-state index contributed by atoms with van der Waals surface area (Å²) in [6, 6.07) is 2.07. The number of nitriles is 1. The maximum absolute atomic E-state index is 11.5. The number of carboxylic acids is 1. The fraction of sp³-hybridized carbons (Fsp3) is 0.750. The minimum atomic E-state index is -1.25. The SMILES string of the molecule is C[C@]1(C(=O)O)COC(=O)N1CCCCCCC#N. The second kappa shape index (κ2) is 6.24. The topological polar surface area (TPSA) is 90.6 Å². The fourth-order valence-corrected chi connectivity index (χ4v) is 1.90. The Kier molecular flexibility index (Phi) is 4.95. The molecule has 0 unspecified atom stereocenters. The molecule has 0 aromatic carbocycles. The molecule has 1 N–H and O–H groups in total. The highest BCUT2D eigenvalue weighted by atomic mass is 16.6. The zero-order valence-electron chi connectivity index (χ0n) is 10.5. The number of carbonyl (C=O) groups is 2. The van der Waals surface area contributed by atoms with Gasteiger partial charge in [-0.2, -0.15) is 5.26 Å². The van der Waals surface area contributed by atoms with Crippen molar-refractivity contribution in [1.29, 1.82) is 5.26 Å². The first kappa shape index (κ1) is 14.3. The highest BCUT2D eigenvalue weighted by Crippen LogP contribution is 2.25. The number of amides is 1. The Labute approximate surface area is 106 Å². The standard InChI is InChI=1S/C12H18N2O4/c1-12(10(15)16)9-18-11(17)14(12)8-6-4-2-3-5-7-13/h2-6,8-9H2,1H3,(H,15,16)/t12-/m1/s1. The number of ether oxygens (including phenoxy) is 1. The van der Waals surface area contributed by atoms with Gasteiger partial charge in [-0.05, 0) is 19.8 Å². The summed E-state index contributed by atoms with van der Waals surface area (Å²) in [6.45, 7) is 1.78. The van der Waals surface area contributed by atoms with E-state index >= 15 is 0 Å². The number of carboxylic acid groups (broad SMARTS) is 1. The summed E-state index contributed by atoms with van der Waals surface area (Å²) in [5, 5.41) is 17.5. The molecule has 1 rings (SSSR count). The number of carbonyl (C=O) groups excluding carboxylic acids is 1. The van der Waals surface area contributed by atoms with Crippen LogP contribution in [-0.2, 0) is 9.53 Å². The lowest BCUT2D eigenvalue weighted by Gasteiger charge is -2.27. The summed E-state index contributed by atoms with van der Waals surface area (Å²) in [6.07, 6.45) is 3.34. The van der Waals surface area contributed by atoms with Crippen LogP contribution in [-0.4, -0.2) is 40.8 Å². The first-order valence-electron chi connectivity index (χ1n) is 6.07. The molecule has 1 amide bonds. The predicted octanol–water partition coefficient (Wildman–Crippen LogP) is 1.76. The number of hydrogen-bond acceptors (Lipinski definition) is 4. The molecule has 100 valence electrons. The van der Waals surface area contributed by atoms with Crippen LogP contribution in [0.25, 0.3) is 0 Å². The molecule has 1 fully saturated rings. The van der Waals surface area contributed by atoms with E-state index in [0.717, 1.165) is 25.7 Å². The molecule has 18 heavy (non-hydrogen) atoms. The molecule has 1 atom stereocenters. The zero-order valence-corrected chi connectivity index (χ0v) is 10.5. The molecule has 1 aliphatic heterocycles. The van der Waals surface area contributed by atoms with E-state index in [9.17, 15) is 9.59 Å². The molecular weight excluding hydrogens is 236 g/mol. The van der Waals surface area contributed by atoms with Crippen LogP contribution in [0, 0.1) is 11.3 Å². The van der Waals surface area contributed by atoms with Crippen LogP contribution in [0.5, 0.6) is 0 Å². The highest BCUT2D eigenvalue weighted by molar-refractivity contribution is 5.86. The summed E-state index contributed by atoms with van der Waals surface area (Å²) in [7, 11) is 0. The monoisotopic (exact) mass is 254 g/mol. The third kappa shape index (κ3) is 3.13. The van der Waals surface area contributed by atoms with Crippen molar-refractivity contribution in [1.82, 2.24) is 4.90 Å². The number of nitrogens with zero attached hydrogens (tertiary/aromatic N) is 2. The maximum atomic E-state index is 11.5. The van der Waals surface area contributed by atoms with Gasteiger partial charge in [-0.1, -0.05) is 12.8 Å². The molecule has 1 heterocycles. The lowest BCUT2D eigenvalue weighted by molar-refractivity contribution is -0.147. The molecule has 0 saturated carbocycles. The van der Waals surface area contributed by atoms with Crippen molar-refractivity contribution in [2.45, 2.75) is 44.6 Å². The summed E-state index contributed by atoms with van der Waals surface area (Å²) >= 11 is 0. The van der Waals surface area contributed by atoms with E-state index < -0.39 is 17.6 Å². The Bertz CT molecular complexity index is 364. The highest BCUT2D eigenvalue weighted by Gasteiger charge is 2.49. The number of cyclic esters (lactones) is 1. The predicted molar refractivity (Wildman–Crippen MR) is 62.8 cm³/mol. The molecule has 6 nitrogen and oxygen atoms in total. The van der Waals surface area contributed by atoms with Gasteiger partial charge in [0.05, 0.1) is 6.07 Å². The van der Waals surface area contributed by atoms with E-state index in [1.54, 1.807) is 0 Å². The lowest BCUT2D eigenvalue weighted by atomic mass is 10.0. The van der Waals surface area contributed by atoms with Crippen molar-refractivity contribution in [3.8, 4) is 6.07 Å². The minimum absolute atomic E-state index is 0.102. The van der Waals surface area contributed by atoms with Crippen LogP contribution in [0.2, 0.25) is 0 Å². The van der Waals surface area contributed by atoms with Gasteiger partial charge in [0.2, 0.25) is 0 Å². The van der Waals surface area contributed by atoms with Gasteiger partial charge in [-0.15, -0.1) is 0 Å². The van der Waals surface area contributed by atoms with Gasteiger partial charge in [0.25, 0.3) is 0 Å². The van der Waals surface area contributed by atoms with E-state index in [1.807, 2.05) is 0 Å². The third-order valence-electron chi connectivity index (χ3n) is 3.17. The molecule has 0 aromatic heterocycles.